The van der Waals surface area contributed by atoms with Gasteiger partial charge in [0, 0.05) is 30.7 Å². The lowest BCUT2D eigenvalue weighted by Crippen LogP contribution is -2.20. The van der Waals surface area contributed by atoms with E-state index in [4.69, 9.17) is 0 Å². The Morgan fingerprint density at radius 3 is 3.08 bits per heavy atom. The number of hydrogen-bond acceptors (Lipinski definition) is 2. The van der Waals surface area contributed by atoms with E-state index >= 15 is 0 Å². The Hall–Kier alpha value is -1.02. The zero-order valence-corrected chi connectivity index (χ0v) is 6.88. The normalized spacial score (nSPS) is 31.0. The van der Waals surface area contributed by atoms with E-state index in [1.54, 1.807) is 0 Å². The van der Waals surface area contributed by atoms with Crippen LogP contribution < -0.4 is 10.6 Å². The largest absolute Gasteiger partial charge is 0.380 e. The van der Waals surface area contributed by atoms with Crippen LogP contribution in [0.2, 0.25) is 0 Å². The van der Waals surface area contributed by atoms with Gasteiger partial charge in [0.05, 0.1) is 0 Å². The van der Waals surface area contributed by atoms with Gasteiger partial charge in [-0.15, -0.1) is 0 Å². The smallest absolute Gasteiger partial charge is 0.0467 e. The van der Waals surface area contributed by atoms with Crippen LogP contribution in [-0.2, 0) is 0 Å². The van der Waals surface area contributed by atoms with E-state index in [0.717, 1.165) is 13.1 Å². The number of benzene rings is 1. The SMILES string of the molecule is c1ccc2c(c1)N[C@@H]1CNC[C@H]21. The minimum absolute atomic E-state index is 0.641. The molecule has 0 saturated carbocycles. The van der Waals surface area contributed by atoms with E-state index in [1.165, 1.54) is 11.3 Å². The number of hydrogen-bond donors (Lipinski definition) is 2. The van der Waals surface area contributed by atoms with E-state index in [-0.39, 0.29) is 0 Å². The maximum Gasteiger partial charge on any atom is 0.0467 e. The Labute approximate surface area is 72.0 Å². The van der Waals surface area contributed by atoms with Gasteiger partial charge < -0.3 is 10.6 Å². The van der Waals surface area contributed by atoms with Crippen molar-refractivity contribution in [3.05, 3.63) is 29.8 Å². The van der Waals surface area contributed by atoms with Crippen molar-refractivity contribution >= 4 is 5.69 Å². The fourth-order valence-corrected chi connectivity index (χ4v) is 2.31. The molecule has 2 heteroatoms. The summed E-state index contributed by atoms with van der Waals surface area (Å²) in [6.45, 7) is 2.24. The summed E-state index contributed by atoms with van der Waals surface area (Å²) in [7, 11) is 0. The van der Waals surface area contributed by atoms with Crippen molar-refractivity contribution in [3.63, 3.8) is 0 Å². The van der Waals surface area contributed by atoms with E-state index < -0.39 is 0 Å². The first-order chi connectivity index (χ1) is 5.95. The number of para-hydroxylation sites is 1. The highest BCUT2D eigenvalue weighted by molar-refractivity contribution is 5.60. The fourth-order valence-electron chi connectivity index (χ4n) is 2.31. The van der Waals surface area contributed by atoms with Crippen molar-refractivity contribution in [2.75, 3.05) is 18.4 Å². The third kappa shape index (κ3) is 0.730. The maximum atomic E-state index is 3.53. The summed E-state index contributed by atoms with van der Waals surface area (Å²) >= 11 is 0. The topological polar surface area (TPSA) is 24.1 Å². The molecule has 0 aliphatic carbocycles. The summed E-state index contributed by atoms with van der Waals surface area (Å²) in [6, 6.07) is 9.28. The molecular weight excluding hydrogens is 148 g/mol. The molecule has 0 unspecified atom stereocenters. The summed E-state index contributed by atoms with van der Waals surface area (Å²) in [5, 5.41) is 6.94. The molecule has 62 valence electrons. The van der Waals surface area contributed by atoms with E-state index in [2.05, 4.69) is 34.9 Å². The van der Waals surface area contributed by atoms with Crippen molar-refractivity contribution in [2.45, 2.75) is 12.0 Å². The first-order valence-electron chi connectivity index (χ1n) is 4.51. The molecule has 0 radical (unpaired) electrons. The summed E-state index contributed by atoms with van der Waals surface area (Å²) in [6.07, 6.45) is 0. The molecule has 2 atom stereocenters. The summed E-state index contributed by atoms with van der Waals surface area (Å²) in [4.78, 5) is 0. The zero-order chi connectivity index (χ0) is 7.97. The molecular formula is C10H12N2. The Kier molecular flexibility index (Phi) is 1.21. The summed E-state index contributed by atoms with van der Waals surface area (Å²) < 4.78 is 0. The van der Waals surface area contributed by atoms with Gasteiger partial charge in [0.25, 0.3) is 0 Å². The molecule has 2 aliphatic heterocycles. The van der Waals surface area contributed by atoms with E-state index in [1.807, 2.05) is 0 Å². The highest BCUT2D eigenvalue weighted by Crippen LogP contribution is 2.36. The van der Waals surface area contributed by atoms with Gasteiger partial charge in [-0.2, -0.15) is 0 Å². The molecule has 1 saturated heterocycles. The van der Waals surface area contributed by atoms with Crippen LogP contribution >= 0.6 is 0 Å². The summed E-state index contributed by atoms with van der Waals surface area (Å²) in [5.74, 6) is 0.709. The highest BCUT2D eigenvalue weighted by Gasteiger charge is 2.34. The van der Waals surface area contributed by atoms with Crippen LogP contribution in [0.5, 0.6) is 0 Å². The third-order valence-corrected chi connectivity index (χ3v) is 2.92. The molecule has 1 aromatic carbocycles. The Morgan fingerprint density at radius 1 is 1.17 bits per heavy atom. The maximum absolute atomic E-state index is 3.53. The molecule has 12 heavy (non-hydrogen) atoms. The van der Waals surface area contributed by atoms with Gasteiger partial charge >= 0.3 is 0 Å². The highest BCUT2D eigenvalue weighted by atomic mass is 15.1. The quantitative estimate of drug-likeness (QED) is 0.595. The Morgan fingerprint density at radius 2 is 2.08 bits per heavy atom. The lowest BCUT2D eigenvalue weighted by Gasteiger charge is -2.06. The molecule has 3 rings (SSSR count). The van der Waals surface area contributed by atoms with Gasteiger partial charge in [-0.25, -0.2) is 0 Å². The Balaban J connectivity index is 2.09. The van der Waals surface area contributed by atoms with Gasteiger partial charge in [0.2, 0.25) is 0 Å². The molecule has 2 aliphatic rings. The molecule has 2 heterocycles. The van der Waals surface area contributed by atoms with Crippen LogP contribution in [0.15, 0.2) is 24.3 Å². The van der Waals surface area contributed by atoms with Crippen molar-refractivity contribution in [1.29, 1.82) is 0 Å². The number of nitrogens with one attached hydrogen (secondary N) is 2. The van der Waals surface area contributed by atoms with Gasteiger partial charge in [0.1, 0.15) is 0 Å². The van der Waals surface area contributed by atoms with Crippen LogP contribution in [-0.4, -0.2) is 19.1 Å². The van der Waals surface area contributed by atoms with Crippen LogP contribution in [0.3, 0.4) is 0 Å². The number of anilines is 1. The molecule has 2 nitrogen and oxygen atoms in total. The average molecular weight is 160 g/mol. The third-order valence-electron chi connectivity index (χ3n) is 2.92. The summed E-state index contributed by atoms with van der Waals surface area (Å²) in [5.41, 5.74) is 2.83. The second-order valence-corrected chi connectivity index (χ2v) is 3.60. The first kappa shape index (κ1) is 6.49. The minimum atomic E-state index is 0.641. The Bertz CT molecular complexity index is 308. The monoisotopic (exact) mass is 160 g/mol. The van der Waals surface area contributed by atoms with Gasteiger partial charge in [-0.3, -0.25) is 0 Å². The lowest BCUT2D eigenvalue weighted by molar-refractivity contribution is 0.736. The van der Waals surface area contributed by atoms with Crippen LogP contribution in [0, 0.1) is 0 Å². The van der Waals surface area contributed by atoms with Crippen LogP contribution in [0.25, 0.3) is 0 Å². The molecule has 0 amide bonds. The first-order valence-corrected chi connectivity index (χ1v) is 4.51. The number of fused-ring (bicyclic) bond motifs is 3. The minimum Gasteiger partial charge on any atom is -0.380 e. The van der Waals surface area contributed by atoms with Crippen LogP contribution in [0.4, 0.5) is 5.69 Å². The van der Waals surface area contributed by atoms with E-state index in [0.29, 0.717) is 12.0 Å². The molecule has 1 fully saturated rings. The van der Waals surface area contributed by atoms with Gasteiger partial charge in [-0.05, 0) is 11.6 Å². The zero-order valence-electron chi connectivity index (χ0n) is 6.88. The molecule has 2 N–H and O–H groups in total. The van der Waals surface area contributed by atoms with Gasteiger partial charge in [-0.1, -0.05) is 18.2 Å². The second-order valence-electron chi connectivity index (χ2n) is 3.60. The predicted molar refractivity (Wildman–Crippen MR) is 49.5 cm³/mol. The van der Waals surface area contributed by atoms with Crippen LogP contribution in [0.1, 0.15) is 11.5 Å². The average Bonchev–Trinajstić information content (AvgIpc) is 2.62. The fraction of sp³-hybridized carbons (Fsp3) is 0.400. The van der Waals surface area contributed by atoms with Gasteiger partial charge in [0.15, 0.2) is 0 Å². The molecule has 0 bridgehead atoms. The molecule has 0 spiro atoms. The lowest BCUT2D eigenvalue weighted by atomic mass is 9.98. The standard InChI is InChI=1S/C10H12N2/c1-2-4-9-7(3-1)8-5-11-6-10(8)12-9/h1-4,8,10-12H,5-6H2/t8-,10-/m1/s1. The van der Waals surface area contributed by atoms with E-state index in [9.17, 15) is 0 Å². The van der Waals surface area contributed by atoms with Crippen molar-refractivity contribution in [2.24, 2.45) is 0 Å². The second kappa shape index (κ2) is 2.23. The predicted octanol–water partition coefficient (Wildman–Crippen LogP) is 1.17. The van der Waals surface area contributed by atoms with Crippen molar-refractivity contribution in [3.8, 4) is 0 Å². The van der Waals surface area contributed by atoms with Crippen molar-refractivity contribution < 1.29 is 0 Å². The van der Waals surface area contributed by atoms with Crippen molar-refractivity contribution in [1.82, 2.24) is 5.32 Å². The molecule has 0 aromatic heterocycles. The number of rotatable bonds is 0. The molecule has 1 aromatic rings.